The number of ether oxygens (including phenoxy) is 1. The van der Waals surface area contributed by atoms with Gasteiger partial charge in [-0.3, -0.25) is 4.79 Å². The first-order valence-corrected chi connectivity index (χ1v) is 6.60. The summed E-state index contributed by atoms with van der Waals surface area (Å²) in [5.74, 6) is -0.656. The van der Waals surface area contributed by atoms with Gasteiger partial charge in [-0.2, -0.15) is 8.78 Å². The van der Waals surface area contributed by atoms with Crippen LogP contribution < -0.4 is 10.1 Å². The van der Waals surface area contributed by atoms with Gasteiger partial charge in [-0.05, 0) is 26.0 Å². The van der Waals surface area contributed by atoms with Gasteiger partial charge >= 0.3 is 6.61 Å². The molecule has 0 fully saturated rings. The minimum atomic E-state index is -3.03. The number of halogens is 5. The predicted molar refractivity (Wildman–Crippen MR) is 74.7 cm³/mol. The number of alkyl halides is 3. The molecule has 0 aliphatic carbocycles. The highest BCUT2D eigenvalue weighted by Crippen LogP contribution is 2.37. The Hall–Kier alpha value is -0.590. The third-order valence-electron chi connectivity index (χ3n) is 2.00. The zero-order valence-corrected chi connectivity index (χ0v) is 13.0. The SMILES string of the molecule is CC(C)(Br)C(=O)Nc1cc(Cl)c(OC(F)F)c(Cl)c1. The van der Waals surface area contributed by atoms with Crippen molar-refractivity contribution in [3.63, 3.8) is 0 Å². The Labute approximate surface area is 127 Å². The Morgan fingerprint density at radius 3 is 2.21 bits per heavy atom. The van der Waals surface area contributed by atoms with Crippen molar-refractivity contribution >= 4 is 50.7 Å². The molecule has 0 saturated carbocycles. The first-order valence-electron chi connectivity index (χ1n) is 5.05. The summed E-state index contributed by atoms with van der Waals surface area (Å²) in [4.78, 5) is 11.7. The van der Waals surface area contributed by atoms with Crippen LogP contribution in [-0.2, 0) is 4.79 Å². The molecule has 3 nitrogen and oxygen atoms in total. The zero-order valence-electron chi connectivity index (χ0n) is 9.94. The van der Waals surface area contributed by atoms with Crippen LogP contribution in [0, 0.1) is 0 Å². The van der Waals surface area contributed by atoms with Gasteiger partial charge in [-0.25, -0.2) is 0 Å². The predicted octanol–water partition coefficient (Wildman–Crippen LogP) is 4.71. The topological polar surface area (TPSA) is 38.3 Å². The maximum Gasteiger partial charge on any atom is 0.387 e. The number of rotatable bonds is 4. The van der Waals surface area contributed by atoms with Crippen LogP contribution in [-0.4, -0.2) is 16.8 Å². The van der Waals surface area contributed by atoms with Gasteiger partial charge in [0.1, 0.15) is 0 Å². The number of hydrogen-bond donors (Lipinski definition) is 1. The molecule has 0 aliphatic rings. The monoisotopic (exact) mass is 375 g/mol. The number of carbonyl (C=O) groups is 1. The molecule has 0 spiro atoms. The normalized spacial score (nSPS) is 11.6. The van der Waals surface area contributed by atoms with Gasteiger partial charge in [-0.15, -0.1) is 0 Å². The fraction of sp³-hybridized carbons (Fsp3) is 0.364. The summed E-state index contributed by atoms with van der Waals surface area (Å²) in [5, 5.41) is 2.32. The lowest BCUT2D eigenvalue weighted by molar-refractivity contribution is -0.117. The van der Waals surface area contributed by atoms with E-state index in [1.807, 2.05) is 0 Å². The minimum absolute atomic E-state index is 0.115. The van der Waals surface area contributed by atoms with Crippen LogP contribution in [0.3, 0.4) is 0 Å². The molecule has 0 unspecified atom stereocenters. The van der Waals surface area contributed by atoms with E-state index in [2.05, 4.69) is 26.0 Å². The highest BCUT2D eigenvalue weighted by Gasteiger charge is 2.24. The fourth-order valence-corrected chi connectivity index (χ4v) is 1.79. The Morgan fingerprint density at radius 2 is 1.84 bits per heavy atom. The molecule has 0 heterocycles. The van der Waals surface area contributed by atoms with Crippen LogP contribution in [0.2, 0.25) is 10.0 Å². The Morgan fingerprint density at radius 1 is 1.37 bits per heavy atom. The van der Waals surface area contributed by atoms with Crippen molar-refractivity contribution in [3.05, 3.63) is 22.2 Å². The Bertz CT molecular complexity index is 469. The molecular formula is C11H10BrCl2F2NO2. The molecule has 0 bridgehead atoms. The van der Waals surface area contributed by atoms with Gasteiger partial charge < -0.3 is 10.1 Å². The van der Waals surface area contributed by atoms with Crippen molar-refractivity contribution < 1.29 is 18.3 Å². The minimum Gasteiger partial charge on any atom is -0.432 e. The van der Waals surface area contributed by atoms with Crippen LogP contribution >= 0.6 is 39.1 Å². The van der Waals surface area contributed by atoms with E-state index in [9.17, 15) is 13.6 Å². The van der Waals surface area contributed by atoms with Gasteiger partial charge in [0.25, 0.3) is 0 Å². The summed E-state index contributed by atoms with van der Waals surface area (Å²) in [7, 11) is 0. The van der Waals surface area contributed by atoms with Crippen LogP contribution in [0.1, 0.15) is 13.8 Å². The van der Waals surface area contributed by atoms with Gasteiger partial charge in [-0.1, -0.05) is 39.1 Å². The summed E-state index contributed by atoms with van der Waals surface area (Å²) in [6, 6.07) is 2.56. The van der Waals surface area contributed by atoms with E-state index in [1.54, 1.807) is 13.8 Å². The average Bonchev–Trinajstić information content (AvgIpc) is 2.21. The van der Waals surface area contributed by atoms with Crippen LogP contribution in [0.15, 0.2) is 12.1 Å². The molecule has 0 aliphatic heterocycles. The van der Waals surface area contributed by atoms with E-state index >= 15 is 0 Å². The van der Waals surface area contributed by atoms with Crippen LogP contribution in [0.25, 0.3) is 0 Å². The maximum absolute atomic E-state index is 12.1. The lowest BCUT2D eigenvalue weighted by Gasteiger charge is -2.17. The number of anilines is 1. The van der Waals surface area contributed by atoms with Crippen molar-refractivity contribution in [2.75, 3.05) is 5.32 Å². The van der Waals surface area contributed by atoms with Gasteiger partial charge in [0, 0.05) is 5.69 Å². The molecular weight excluding hydrogens is 367 g/mol. The summed E-state index contributed by atoms with van der Waals surface area (Å²) in [6.45, 7) is 0.275. The molecule has 8 heteroatoms. The van der Waals surface area contributed by atoms with E-state index in [1.165, 1.54) is 12.1 Å². The van der Waals surface area contributed by atoms with E-state index in [0.29, 0.717) is 0 Å². The van der Waals surface area contributed by atoms with Gasteiger partial charge in [0.15, 0.2) is 5.75 Å². The molecule has 0 atom stereocenters. The highest BCUT2D eigenvalue weighted by atomic mass is 79.9. The third-order valence-corrected chi connectivity index (χ3v) is 2.92. The lowest BCUT2D eigenvalue weighted by Crippen LogP contribution is -2.30. The molecule has 1 N–H and O–H groups in total. The molecule has 0 radical (unpaired) electrons. The Kier molecular flexibility index (Phi) is 5.41. The Balaban J connectivity index is 2.98. The number of nitrogens with one attached hydrogen (secondary N) is 1. The van der Waals surface area contributed by atoms with Crippen molar-refractivity contribution in [3.8, 4) is 5.75 Å². The first-order chi connectivity index (χ1) is 8.61. The van der Waals surface area contributed by atoms with Crippen molar-refractivity contribution in [2.45, 2.75) is 24.8 Å². The van der Waals surface area contributed by atoms with Crippen molar-refractivity contribution in [1.29, 1.82) is 0 Å². The van der Waals surface area contributed by atoms with E-state index in [4.69, 9.17) is 23.2 Å². The summed E-state index contributed by atoms with van der Waals surface area (Å²) in [5.41, 5.74) is 0.286. The molecule has 0 aromatic heterocycles. The molecule has 1 amide bonds. The summed E-state index contributed by atoms with van der Waals surface area (Å²) < 4.78 is 27.7. The van der Waals surface area contributed by atoms with E-state index < -0.39 is 10.9 Å². The van der Waals surface area contributed by atoms with Crippen LogP contribution in [0.5, 0.6) is 5.75 Å². The number of hydrogen-bond acceptors (Lipinski definition) is 2. The summed E-state index contributed by atoms with van der Waals surface area (Å²) >= 11 is 14.7. The lowest BCUT2D eigenvalue weighted by atomic mass is 10.2. The smallest absolute Gasteiger partial charge is 0.387 e. The second-order valence-corrected chi connectivity index (χ2v) is 6.87. The number of benzene rings is 1. The highest BCUT2D eigenvalue weighted by molar-refractivity contribution is 9.10. The average molecular weight is 377 g/mol. The molecule has 0 saturated heterocycles. The third kappa shape index (κ3) is 4.78. The standard InChI is InChI=1S/C11H10BrCl2F2NO2/c1-11(2,12)9(18)17-5-3-6(13)8(7(14)4-5)19-10(15)16/h3-4,10H,1-2H3,(H,17,18). The van der Waals surface area contributed by atoms with Crippen molar-refractivity contribution in [2.24, 2.45) is 0 Å². The zero-order chi connectivity index (χ0) is 14.8. The molecule has 1 rings (SSSR count). The second kappa shape index (κ2) is 6.24. The molecule has 1 aromatic carbocycles. The summed E-state index contributed by atoms with van der Waals surface area (Å²) in [6.07, 6.45) is 0. The number of carbonyl (C=O) groups excluding carboxylic acids is 1. The quantitative estimate of drug-likeness (QED) is 0.773. The maximum atomic E-state index is 12.1. The van der Waals surface area contributed by atoms with Gasteiger partial charge in [0.2, 0.25) is 5.91 Å². The van der Waals surface area contributed by atoms with Gasteiger partial charge in [0.05, 0.1) is 14.4 Å². The van der Waals surface area contributed by atoms with Crippen molar-refractivity contribution in [1.82, 2.24) is 0 Å². The first kappa shape index (κ1) is 16.5. The van der Waals surface area contributed by atoms with E-state index in [-0.39, 0.29) is 27.4 Å². The van der Waals surface area contributed by atoms with Crippen LogP contribution in [0.4, 0.5) is 14.5 Å². The van der Waals surface area contributed by atoms with E-state index in [0.717, 1.165) is 0 Å². The largest absolute Gasteiger partial charge is 0.432 e. The molecule has 106 valence electrons. The molecule has 1 aromatic rings. The second-order valence-electron chi connectivity index (χ2n) is 4.07. The fourth-order valence-electron chi connectivity index (χ4n) is 1.11. The molecule has 19 heavy (non-hydrogen) atoms. The number of amides is 1.